The van der Waals surface area contributed by atoms with Crippen molar-refractivity contribution in [3.63, 3.8) is 0 Å². The maximum Gasteiger partial charge on any atom is 0.314 e. The van der Waals surface area contributed by atoms with Gasteiger partial charge in [0.2, 0.25) is 5.60 Å². The molecule has 0 heterocycles. The molecule has 1 aliphatic carbocycles. The second kappa shape index (κ2) is 3.84. The van der Waals surface area contributed by atoms with Crippen LogP contribution in [0.15, 0.2) is 24.0 Å². The summed E-state index contributed by atoms with van der Waals surface area (Å²) in [7, 11) is 0. The van der Waals surface area contributed by atoms with Crippen molar-refractivity contribution in [1.82, 2.24) is 0 Å². The zero-order valence-electron chi connectivity index (χ0n) is 7.88. The van der Waals surface area contributed by atoms with E-state index in [4.69, 9.17) is 10.4 Å². The Morgan fingerprint density at radius 2 is 2.13 bits per heavy atom. The summed E-state index contributed by atoms with van der Waals surface area (Å²) < 4.78 is 0. The molecule has 0 amide bonds. The Balaban J connectivity index is 3.30. The summed E-state index contributed by atoms with van der Waals surface area (Å²) in [5.74, 6) is -4.26. The molecular weight excluding hydrogens is 204 g/mol. The summed E-state index contributed by atoms with van der Waals surface area (Å²) in [5.41, 5.74) is -2.24. The number of rotatable bonds is 3. The molecule has 0 bridgehead atoms. The van der Waals surface area contributed by atoms with Gasteiger partial charge in [0, 0.05) is 0 Å². The molecule has 1 aliphatic rings. The van der Waals surface area contributed by atoms with E-state index in [9.17, 15) is 14.7 Å². The molecule has 2 atom stereocenters. The first kappa shape index (κ1) is 11.4. The molecule has 82 valence electrons. The second-order valence-electron chi connectivity index (χ2n) is 3.14. The van der Waals surface area contributed by atoms with Crippen LogP contribution >= 0.6 is 0 Å². The van der Waals surface area contributed by atoms with E-state index < -0.39 is 29.0 Å². The first-order chi connectivity index (χ1) is 6.96. The van der Waals surface area contributed by atoms with Gasteiger partial charge in [-0.15, -0.1) is 0 Å². The Morgan fingerprint density at radius 1 is 1.53 bits per heavy atom. The number of aliphatic hydroxyl groups excluding tert-OH is 1. The molecule has 0 spiro atoms. The van der Waals surface area contributed by atoms with Crippen LogP contribution < -0.4 is 0 Å². The van der Waals surface area contributed by atoms with Crippen molar-refractivity contribution in [2.45, 2.75) is 12.5 Å². The fraction of sp³-hybridized carbons (Fsp3) is 0.333. The average molecular weight is 214 g/mol. The van der Waals surface area contributed by atoms with Gasteiger partial charge in [0.25, 0.3) is 0 Å². The minimum Gasteiger partial charge on any atom is -0.509 e. The molecule has 6 nitrogen and oxygen atoms in total. The third-order valence-corrected chi connectivity index (χ3v) is 2.31. The summed E-state index contributed by atoms with van der Waals surface area (Å²) in [5, 5.41) is 27.0. The molecule has 2 unspecified atom stereocenters. The molecule has 0 radical (unpaired) electrons. The standard InChI is InChI=1S/C9H10O6/c1-5(10)9(15-14)6(8(12)13)3-2-4-7(9)11/h2-4,6,11,14H,1H3,(H,12,13). The topological polar surface area (TPSA) is 104 Å². The summed E-state index contributed by atoms with van der Waals surface area (Å²) in [6.45, 7) is 1.02. The summed E-state index contributed by atoms with van der Waals surface area (Å²) in [6, 6.07) is 0. The molecule has 6 heteroatoms. The largest absolute Gasteiger partial charge is 0.509 e. The zero-order chi connectivity index (χ0) is 11.6. The molecule has 0 saturated heterocycles. The van der Waals surface area contributed by atoms with Crippen LogP contribution in [0, 0.1) is 5.92 Å². The summed E-state index contributed by atoms with van der Waals surface area (Å²) in [6.07, 6.45) is 3.52. The first-order valence-corrected chi connectivity index (χ1v) is 4.11. The highest BCUT2D eigenvalue weighted by Crippen LogP contribution is 2.33. The van der Waals surface area contributed by atoms with Crippen LogP contribution in [0.5, 0.6) is 0 Å². The number of Topliss-reactive ketones (excluding diaryl/α,β-unsaturated/α-hetero) is 1. The fourth-order valence-electron chi connectivity index (χ4n) is 1.50. The van der Waals surface area contributed by atoms with Crippen molar-refractivity contribution in [1.29, 1.82) is 0 Å². The predicted molar refractivity (Wildman–Crippen MR) is 48.1 cm³/mol. The highest BCUT2D eigenvalue weighted by Gasteiger charge is 2.53. The van der Waals surface area contributed by atoms with Crippen molar-refractivity contribution in [3.8, 4) is 0 Å². The van der Waals surface area contributed by atoms with Gasteiger partial charge >= 0.3 is 5.97 Å². The quantitative estimate of drug-likeness (QED) is 0.467. The van der Waals surface area contributed by atoms with Gasteiger partial charge in [-0.25, -0.2) is 4.89 Å². The lowest BCUT2D eigenvalue weighted by molar-refractivity contribution is -0.314. The van der Waals surface area contributed by atoms with Crippen molar-refractivity contribution >= 4 is 11.8 Å². The molecule has 0 aromatic rings. The van der Waals surface area contributed by atoms with Crippen LogP contribution in [-0.2, 0) is 14.5 Å². The monoisotopic (exact) mass is 214 g/mol. The third kappa shape index (κ3) is 1.53. The Bertz CT molecular complexity index is 356. The van der Waals surface area contributed by atoms with E-state index in [0.717, 1.165) is 19.1 Å². The van der Waals surface area contributed by atoms with Crippen LogP contribution in [0.4, 0.5) is 0 Å². The van der Waals surface area contributed by atoms with E-state index in [-0.39, 0.29) is 0 Å². The number of carbonyl (C=O) groups is 2. The van der Waals surface area contributed by atoms with Crippen molar-refractivity contribution < 1.29 is 29.9 Å². The Kier molecular flexibility index (Phi) is 2.92. The number of hydrogen-bond acceptors (Lipinski definition) is 5. The predicted octanol–water partition coefficient (Wildman–Crippen LogP) is 0.516. The summed E-state index contributed by atoms with van der Waals surface area (Å²) >= 11 is 0. The normalized spacial score (nSPS) is 29.7. The zero-order valence-corrected chi connectivity index (χ0v) is 7.88. The van der Waals surface area contributed by atoms with E-state index in [1.165, 1.54) is 6.08 Å². The number of carboxylic acids is 1. The van der Waals surface area contributed by atoms with E-state index >= 15 is 0 Å². The molecule has 3 N–H and O–H groups in total. The molecular formula is C9H10O6. The maximum atomic E-state index is 11.3. The van der Waals surface area contributed by atoms with Crippen molar-refractivity contribution in [2.75, 3.05) is 0 Å². The lowest BCUT2D eigenvalue weighted by atomic mass is 9.79. The number of carboxylic acid groups (broad SMARTS) is 1. The minimum absolute atomic E-state index is 0.632. The molecule has 15 heavy (non-hydrogen) atoms. The maximum absolute atomic E-state index is 11.3. The van der Waals surface area contributed by atoms with E-state index in [1.54, 1.807) is 0 Å². The van der Waals surface area contributed by atoms with Gasteiger partial charge < -0.3 is 10.2 Å². The van der Waals surface area contributed by atoms with Gasteiger partial charge in [0.05, 0.1) is 0 Å². The van der Waals surface area contributed by atoms with Gasteiger partial charge in [-0.05, 0) is 13.0 Å². The number of aliphatic hydroxyl groups is 1. The average Bonchev–Trinajstić information content (AvgIpc) is 2.16. The highest BCUT2D eigenvalue weighted by atomic mass is 17.1. The van der Waals surface area contributed by atoms with Crippen LogP contribution in [0.3, 0.4) is 0 Å². The Labute approximate surface area is 85.0 Å². The molecule has 0 saturated carbocycles. The molecule has 0 fully saturated rings. The van der Waals surface area contributed by atoms with Crippen molar-refractivity contribution in [2.24, 2.45) is 5.92 Å². The van der Waals surface area contributed by atoms with Crippen LogP contribution in [0.2, 0.25) is 0 Å². The lowest BCUT2D eigenvalue weighted by Gasteiger charge is -2.32. The van der Waals surface area contributed by atoms with Gasteiger partial charge in [-0.1, -0.05) is 12.2 Å². The number of allylic oxidation sites excluding steroid dienone is 2. The first-order valence-electron chi connectivity index (χ1n) is 4.11. The fourth-order valence-corrected chi connectivity index (χ4v) is 1.50. The van der Waals surface area contributed by atoms with E-state index in [0.29, 0.717) is 0 Å². The number of carbonyl (C=O) groups excluding carboxylic acids is 1. The number of ketones is 1. The second-order valence-corrected chi connectivity index (χ2v) is 3.14. The molecule has 0 aromatic heterocycles. The molecule has 1 rings (SSSR count). The minimum atomic E-state index is -2.24. The SMILES string of the molecule is CC(=O)C1(OO)C(O)=CC=CC1C(=O)O. The van der Waals surface area contributed by atoms with Gasteiger partial charge in [-0.3, -0.25) is 14.8 Å². The van der Waals surface area contributed by atoms with E-state index in [2.05, 4.69) is 4.89 Å². The third-order valence-electron chi connectivity index (χ3n) is 2.31. The van der Waals surface area contributed by atoms with Gasteiger partial charge in [-0.2, -0.15) is 0 Å². The number of aliphatic carboxylic acids is 1. The van der Waals surface area contributed by atoms with E-state index in [1.807, 2.05) is 0 Å². The molecule has 0 aromatic carbocycles. The van der Waals surface area contributed by atoms with Crippen LogP contribution in [-0.4, -0.2) is 32.8 Å². The Morgan fingerprint density at radius 3 is 2.47 bits per heavy atom. The van der Waals surface area contributed by atoms with Crippen molar-refractivity contribution in [3.05, 3.63) is 24.0 Å². The van der Waals surface area contributed by atoms with Gasteiger partial charge in [0.1, 0.15) is 11.7 Å². The van der Waals surface area contributed by atoms with Crippen LogP contribution in [0.25, 0.3) is 0 Å². The number of hydrogen-bond donors (Lipinski definition) is 3. The van der Waals surface area contributed by atoms with Gasteiger partial charge in [0.15, 0.2) is 5.78 Å². The summed E-state index contributed by atoms with van der Waals surface area (Å²) in [4.78, 5) is 26.1. The lowest BCUT2D eigenvalue weighted by Crippen LogP contribution is -2.51. The Hall–Kier alpha value is -1.66. The van der Waals surface area contributed by atoms with Crippen LogP contribution in [0.1, 0.15) is 6.92 Å². The smallest absolute Gasteiger partial charge is 0.314 e. The molecule has 0 aliphatic heterocycles. The highest BCUT2D eigenvalue weighted by molar-refractivity contribution is 5.94.